The zero-order valence-corrected chi connectivity index (χ0v) is 19.7. The summed E-state index contributed by atoms with van der Waals surface area (Å²) < 4.78 is 11.3. The normalized spacial score (nSPS) is 20.5. The Hall–Kier alpha value is -2.58. The number of hydrogen-bond donors (Lipinski definition) is 0. The van der Waals surface area contributed by atoms with Crippen LogP contribution < -0.4 is 4.74 Å². The summed E-state index contributed by atoms with van der Waals surface area (Å²) in [6.45, 7) is 1.78. The maximum atomic E-state index is 13.5. The van der Waals surface area contributed by atoms with E-state index in [4.69, 9.17) is 9.47 Å². The molecule has 0 N–H and O–H groups in total. The number of benzene rings is 2. The fraction of sp³-hybridized carbons (Fsp3) is 0.261. The van der Waals surface area contributed by atoms with Crippen LogP contribution in [-0.2, 0) is 20.7 Å². The molecule has 2 aromatic carbocycles. The molecule has 0 spiro atoms. The Bertz CT molecular complexity index is 1080. The number of hydrogen-bond acceptors (Lipinski definition) is 6. The molecule has 1 fully saturated rings. The first-order valence-corrected chi connectivity index (χ1v) is 11.4. The van der Waals surface area contributed by atoms with E-state index in [1.807, 2.05) is 48.5 Å². The molecule has 1 amide bonds. The van der Waals surface area contributed by atoms with Crippen LogP contribution >= 0.6 is 27.7 Å². The number of allylic oxidation sites excluding steroid dienone is 1. The Balaban J connectivity index is 1.72. The van der Waals surface area contributed by atoms with Crippen molar-refractivity contribution in [2.45, 2.75) is 24.6 Å². The van der Waals surface area contributed by atoms with E-state index in [1.54, 1.807) is 18.9 Å². The first kappa shape index (κ1) is 21.6. The highest BCUT2D eigenvalue weighted by molar-refractivity contribution is 9.10. The molecule has 6 nitrogen and oxygen atoms in total. The van der Waals surface area contributed by atoms with Crippen LogP contribution in [0.25, 0.3) is 0 Å². The molecule has 8 heteroatoms. The van der Waals surface area contributed by atoms with Gasteiger partial charge in [-0.1, -0.05) is 52.0 Å². The van der Waals surface area contributed by atoms with E-state index in [0.29, 0.717) is 28.6 Å². The number of carbonyl (C=O) groups excluding carboxylic acids is 2. The van der Waals surface area contributed by atoms with Crippen LogP contribution in [0.2, 0.25) is 0 Å². The van der Waals surface area contributed by atoms with Crippen molar-refractivity contribution in [1.82, 2.24) is 4.90 Å². The van der Waals surface area contributed by atoms with Crippen LogP contribution in [0, 0.1) is 0 Å². The zero-order valence-electron chi connectivity index (χ0n) is 17.3. The lowest BCUT2D eigenvalue weighted by atomic mass is 9.94. The average molecular weight is 501 g/mol. The van der Waals surface area contributed by atoms with E-state index in [-0.39, 0.29) is 11.2 Å². The fourth-order valence-corrected chi connectivity index (χ4v) is 5.27. The number of halogens is 1. The van der Waals surface area contributed by atoms with Gasteiger partial charge in [-0.3, -0.25) is 9.69 Å². The van der Waals surface area contributed by atoms with E-state index >= 15 is 0 Å². The minimum atomic E-state index is -0.597. The number of nitrogens with zero attached hydrogens (tertiary/aromatic N) is 2. The first-order chi connectivity index (χ1) is 14.9. The second-order valence-corrected chi connectivity index (χ2v) is 9.29. The predicted octanol–water partition coefficient (Wildman–Crippen LogP) is 4.50. The molecule has 1 saturated heterocycles. The van der Waals surface area contributed by atoms with Crippen LogP contribution in [0.3, 0.4) is 0 Å². The van der Waals surface area contributed by atoms with Gasteiger partial charge in [0.2, 0.25) is 5.91 Å². The van der Waals surface area contributed by atoms with Crippen molar-refractivity contribution < 1.29 is 19.1 Å². The molecule has 2 aliphatic heterocycles. The molecule has 31 heavy (non-hydrogen) atoms. The Kier molecular flexibility index (Phi) is 6.20. The van der Waals surface area contributed by atoms with Gasteiger partial charge < -0.3 is 9.47 Å². The third kappa shape index (κ3) is 4.14. The van der Waals surface area contributed by atoms with Crippen molar-refractivity contribution >= 4 is 44.7 Å². The molecular weight excluding hydrogens is 480 g/mol. The summed E-state index contributed by atoms with van der Waals surface area (Å²) in [5, 5.41) is 0.295. The van der Waals surface area contributed by atoms with Gasteiger partial charge in [-0.25, -0.2) is 9.79 Å². The molecule has 0 unspecified atom stereocenters. The molecule has 0 aromatic heterocycles. The van der Waals surface area contributed by atoms with Crippen LogP contribution in [0.1, 0.15) is 24.1 Å². The van der Waals surface area contributed by atoms with Gasteiger partial charge in [0, 0.05) is 4.47 Å². The smallest absolute Gasteiger partial charge is 0.338 e. The van der Waals surface area contributed by atoms with Gasteiger partial charge in [0.1, 0.15) is 5.75 Å². The van der Waals surface area contributed by atoms with Crippen molar-refractivity contribution in [2.24, 2.45) is 4.99 Å². The monoisotopic (exact) mass is 500 g/mol. The second kappa shape index (κ2) is 8.88. The summed E-state index contributed by atoms with van der Waals surface area (Å²) in [6, 6.07) is 14.7. The largest absolute Gasteiger partial charge is 0.497 e. The maximum absolute atomic E-state index is 13.5. The summed E-state index contributed by atoms with van der Waals surface area (Å²) in [7, 11) is 2.93. The number of rotatable bonds is 5. The Morgan fingerprint density at radius 2 is 1.81 bits per heavy atom. The van der Waals surface area contributed by atoms with E-state index < -0.39 is 12.0 Å². The SMILES string of the molecule is COC(=O)C1=C(C)N=C2S[C@@H](Cc3ccc(Br)cc3)C(=O)N2[C@@H]1c1ccc(OC)cc1. The lowest BCUT2D eigenvalue weighted by Crippen LogP contribution is -2.41. The molecule has 2 aliphatic rings. The molecule has 2 aromatic rings. The number of thioether (sulfide) groups is 1. The summed E-state index contributed by atoms with van der Waals surface area (Å²) in [6.07, 6.45) is 0.578. The number of fused-ring (bicyclic) bond motifs is 1. The zero-order chi connectivity index (χ0) is 22.1. The lowest BCUT2D eigenvalue weighted by Gasteiger charge is -2.32. The van der Waals surface area contributed by atoms with Gasteiger partial charge in [0.15, 0.2) is 5.17 Å². The van der Waals surface area contributed by atoms with Crippen LogP contribution in [-0.4, -0.2) is 41.4 Å². The van der Waals surface area contributed by atoms with Crippen molar-refractivity contribution in [3.05, 3.63) is 75.4 Å². The summed E-state index contributed by atoms with van der Waals surface area (Å²) in [5.41, 5.74) is 2.79. The van der Waals surface area contributed by atoms with E-state index in [1.165, 1.54) is 18.9 Å². The number of methoxy groups -OCH3 is 2. The molecule has 160 valence electrons. The minimum absolute atomic E-state index is 0.0682. The number of amidine groups is 1. The first-order valence-electron chi connectivity index (χ1n) is 9.68. The topological polar surface area (TPSA) is 68.2 Å². The molecule has 0 radical (unpaired) electrons. The second-order valence-electron chi connectivity index (χ2n) is 7.21. The fourth-order valence-electron chi connectivity index (χ4n) is 3.77. The van der Waals surface area contributed by atoms with Crippen molar-refractivity contribution in [3.63, 3.8) is 0 Å². The van der Waals surface area contributed by atoms with Crippen LogP contribution in [0.5, 0.6) is 5.75 Å². The standard InChI is InChI=1S/C23H21BrN2O4S/c1-13-19(22(28)30-3)20(15-6-10-17(29-2)11-7-15)26-21(27)18(31-23(26)25-13)12-14-4-8-16(24)9-5-14/h4-11,18,20H,12H2,1-3H3/t18-,20+/m0/s1. The number of aliphatic imine (C=N–C) groups is 1. The number of ether oxygens (including phenoxy) is 2. The minimum Gasteiger partial charge on any atom is -0.497 e. The van der Waals surface area contributed by atoms with Gasteiger partial charge >= 0.3 is 5.97 Å². The van der Waals surface area contributed by atoms with Gasteiger partial charge in [0.05, 0.1) is 36.8 Å². The van der Waals surface area contributed by atoms with Gasteiger partial charge in [-0.15, -0.1) is 0 Å². The molecule has 0 saturated carbocycles. The van der Waals surface area contributed by atoms with Gasteiger partial charge in [0.25, 0.3) is 0 Å². The van der Waals surface area contributed by atoms with Crippen molar-refractivity contribution in [1.29, 1.82) is 0 Å². The number of esters is 1. The van der Waals surface area contributed by atoms with Gasteiger partial charge in [-0.2, -0.15) is 0 Å². The third-order valence-electron chi connectivity index (χ3n) is 5.32. The van der Waals surface area contributed by atoms with Gasteiger partial charge in [-0.05, 0) is 48.7 Å². The highest BCUT2D eigenvalue weighted by Crippen LogP contribution is 2.44. The highest BCUT2D eigenvalue weighted by atomic mass is 79.9. The quantitative estimate of drug-likeness (QED) is 0.565. The van der Waals surface area contributed by atoms with Crippen LogP contribution in [0.15, 0.2) is 69.3 Å². The van der Waals surface area contributed by atoms with Crippen molar-refractivity contribution in [2.75, 3.05) is 14.2 Å². The molecule has 2 heterocycles. The third-order valence-corrected chi connectivity index (χ3v) is 7.00. The van der Waals surface area contributed by atoms with Crippen molar-refractivity contribution in [3.8, 4) is 5.75 Å². The molecule has 0 bridgehead atoms. The lowest BCUT2D eigenvalue weighted by molar-refractivity contribution is -0.137. The summed E-state index contributed by atoms with van der Waals surface area (Å²) in [4.78, 5) is 32.4. The molecule has 2 atom stereocenters. The summed E-state index contributed by atoms with van der Waals surface area (Å²) >= 11 is 4.88. The molecular formula is C23H21BrN2O4S. The molecule has 4 rings (SSSR count). The summed E-state index contributed by atoms with van der Waals surface area (Å²) in [5.74, 6) is 0.140. The molecule has 0 aliphatic carbocycles. The maximum Gasteiger partial charge on any atom is 0.338 e. The Labute approximate surface area is 193 Å². The van der Waals surface area contributed by atoms with E-state index in [0.717, 1.165) is 15.6 Å². The average Bonchev–Trinajstić information content (AvgIpc) is 3.08. The Morgan fingerprint density at radius 1 is 1.13 bits per heavy atom. The number of amides is 1. The predicted molar refractivity (Wildman–Crippen MR) is 124 cm³/mol. The van der Waals surface area contributed by atoms with Crippen LogP contribution in [0.4, 0.5) is 0 Å². The van der Waals surface area contributed by atoms with E-state index in [9.17, 15) is 9.59 Å². The highest BCUT2D eigenvalue weighted by Gasteiger charge is 2.47. The Morgan fingerprint density at radius 3 is 2.42 bits per heavy atom. The number of carbonyl (C=O) groups is 2. The van der Waals surface area contributed by atoms with E-state index in [2.05, 4.69) is 20.9 Å².